The summed E-state index contributed by atoms with van der Waals surface area (Å²) in [4.78, 5) is 21.1. The first kappa shape index (κ1) is 14.6. The quantitative estimate of drug-likeness (QED) is 0.860. The van der Waals surface area contributed by atoms with Crippen molar-refractivity contribution >= 4 is 12.3 Å². The number of halogens is 2. The van der Waals surface area contributed by atoms with Crippen LogP contribution >= 0.6 is 0 Å². The third kappa shape index (κ3) is 3.42. The largest absolute Gasteiger partial charge is 0.486 e. The van der Waals surface area contributed by atoms with E-state index in [1.165, 1.54) is 18.2 Å². The number of carboxylic acid groups (broad SMARTS) is 1. The lowest BCUT2D eigenvalue weighted by Crippen LogP contribution is -2.03. The van der Waals surface area contributed by atoms with Gasteiger partial charge in [-0.3, -0.25) is 4.79 Å². The van der Waals surface area contributed by atoms with Crippen LogP contribution in [-0.4, -0.2) is 17.4 Å². The number of benzene rings is 2. The van der Waals surface area contributed by atoms with Crippen molar-refractivity contribution in [2.45, 2.75) is 6.61 Å². The lowest BCUT2D eigenvalue weighted by molar-refractivity contribution is 0.0691. The van der Waals surface area contributed by atoms with E-state index in [-0.39, 0.29) is 17.9 Å². The summed E-state index contributed by atoms with van der Waals surface area (Å²) in [5.74, 6) is -3.04. The van der Waals surface area contributed by atoms with E-state index in [4.69, 9.17) is 9.84 Å². The van der Waals surface area contributed by atoms with Crippen LogP contribution in [0, 0.1) is 11.6 Å². The highest BCUT2D eigenvalue weighted by atomic mass is 19.1. The molecule has 0 radical (unpaired) electrons. The fourth-order valence-corrected chi connectivity index (χ4v) is 1.69. The van der Waals surface area contributed by atoms with Crippen LogP contribution in [0.25, 0.3) is 0 Å². The van der Waals surface area contributed by atoms with Gasteiger partial charge in [-0.25, -0.2) is 13.6 Å². The summed E-state index contributed by atoms with van der Waals surface area (Å²) in [5.41, 5.74) is 0.0911. The highest BCUT2D eigenvalue weighted by molar-refractivity contribution is 5.87. The Labute approximate surface area is 118 Å². The molecule has 0 unspecified atom stereocenters. The number of hydrogen-bond donors (Lipinski definition) is 1. The first-order chi connectivity index (χ1) is 10.0. The molecule has 21 heavy (non-hydrogen) atoms. The van der Waals surface area contributed by atoms with Crippen molar-refractivity contribution in [2.75, 3.05) is 0 Å². The lowest BCUT2D eigenvalue weighted by Gasteiger charge is -2.08. The second kappa shape index (κ2) is 6.13. The molecule has 6 heteroatoms. The molecule has 108 valence electrons. The van der Waals surface area contributed by atoms with Crippen LogP contribution in [0.1, 0.15) is 26.3 Å². The van der Waals surface area contributed by atoms with Crippen LogP contribution in [0.4, 0.5) is 8.78 Å². The molecule has 0 heterocycles. The Hall–Kier alpha value is -2.76. The van der Waals surface area contributed by atoms with Crippen molar-refractivity contribution < 1.29 is 28.2 Å². The molecule has 0 aromatic heterocycles. The molecule has 0 aliphatic rings. The minimum Gasteiger partial charge on any atom is -0.486 e. The zero-order chi connectivity index (χ0) is 15.4. The summed E-state index contributed by atoms with van der Waals surface area (Å²) in [6.45, 7) is -0.131. The Morgan fingerprint density at radius 3 is 2.48 bits per heavy atom. The fourth-order valence-electron chi connectivity index (χ4n) is 1.69. The van der Waals surface area contributed by atoms with E-state index < -0.39 is 23.2 Å². The van der Waals surface area contributed by atoms with Gasteiger partial charge in [0.1, 0.15) is 18.7 Å². The Morgan fingerprint density at radius 1 is 1.14 bits per heavy atom. The molecule has 0 spiro atoms. The van der Waals surface area contributed by atoms with Gasteiger partial charge in [0, 0.05) is 5.56 Å². The summed E-state index contributed by atoms with van der Waals surface area (Å²) in [6, 6.07) is 7.21. The van der Waals surface area contributed by atoms with Crippen LogP contribution < -0.4 is 4.74 Å². The normalized spacial score (nSPS) is 10.2. The van der Waals surface area contributed by atoms with E-state index >= 15 is 0 Å². The average molecular weight is 292 g/mol. The molecule has 2 rings (SSSR count). The summed E-state index contributed by atoms with van der Waals surface area (Å²) < 4.78 is 32.2. The van der Waals surface area contributed by atoms with Crippen molar-refractivity contribution in [3.05, 3.63) is 64.7 Å². The Kier molecular flexibility index (Phi) is 4.27. The van der Waals surface area contributed by atoms with Crippen molar-refractivity contribution in [2.24, 2.45) is 0 Å². The first-order valence-electron chi connectivity index (χ1n) is 5.90. The smallest absolute Gasteiger partial charge is 0.338 e. The average Bonchev–Trinajstić information content (AvgIpc) is 2.45. The van der Waals surface area contributed by atoms with Crippen molar-refractivity contribution in [1.29, 1.82) is 0 Å². The van der Waals surface area contributed by atoms with Gasteiger partial charge in [-0.2, -0.15) is 0 Å². The van der Waals surface area contributed by atoms with Crippen LogP contribution in [0.2, 0.25) is 0 Å². The van der Waals surface area contributed by atoms with Gasteiger partial charge in [0.15, 0.2) is 11.6 Å². The van der Waals surface area contributed by atoms with Crippen molar-refractivity contribution in [3.63, 3.8) is 0 Å². The number of carboxylic acids is 1. The number of aldehydes is 1. The Bertz CT molecular complexity index is 698. The van der Waals surface area contributed by atoms with E-state index in [1.807, 2.05) is 0 Å². The highest BCUT2D eigenvalue weighted by Crippen LogP contribution is 2.19. The molecule has 0 amide bonds. The zero-order valence-corrected chi connectivity index (χ0v) is 10.7. The standard InChI is InChI=1S/C15H10F2O4/c16-12-6-10(1-3-11(12)15(19)20)8-21-14-4-2-9(7-18)5-13(14)17/h1-7H,8H2,(H,19,20). The number of ether oxygens (including phenoxy) is 1. The number of rotatable bonds is 5. The van der Waals surface area contributed by atoms with Crippen molar-refractivity contribution in [3.8, 4) is 5.75 Å². The molecule has 0 aliphatic heterocycles. The van der Waals surface area contributed by atoms with Gasteiger partial charge < -0.3 is 9.84 Å². The third-order valence-electron chi connectivity index (χ3n) is 2.75. The number of aromatic carboxylic acids is 1. The predicted octanol–water partition coefficient (Wildman–Crippen LogP) is 3.05. The topological polar surface area (TPSA) is 63.6 Å². The summed E-state index contributed by atoms with van der Waals surface area (Å²) in [5, 5.41) is 8.70. The van der Waals surface area contributed by atoms with Crippen LogP contribution in [0.15, 0.2) is 36.4 Å². The molecule has 4 nitrogen and oxygen atoms in total. The van der Waals surface area contributed by atoms with Gasteiger partial charge in [0.25, 0.3) is 0 Å². The number of carbonyl (C=O) groups is 2. The second-order valence-corrected chi connectivity index (χ2v) is 4.22. The van der Waals surface area contributed by atoms with E-state index in [9.17, 15) is 18.4 Å². The molecule has 0 saturated carbocycles. The molecular weight excluding hydrogens is 282 g/mol. The van der Waals surface area contributed by atoms with Crippen LogP contribution in [0.3, 0.4) is 0 Å². The molecule has 2 aromatic rings. The molecule has 0 atom stereocenters. The maximum Gasteiger partial charge on any atom is 0.338 e. The summed E-state index contributed by atoms with van der Waals surface area (Å²) in [7, 11) is 0. The molecule has 0 fully saturated rings. The molecule has 0 bridgehead atoms. The number of hydrogen-bond acceptors (Lipinski definition) is 3. The second-order valence-electron chi connectivity index (χ2n) is 4.22. The van der Waals surface area contributed by atoms with Gasteiger partial charge in [-0.05, 0) is 35.9 Å². The summed E-state index contributed by atoms with van der Waals surface area (Å²) in [6.07, 6.45) is 0.507. The zero-order valence-electron chi connectivity index (χ0n) is 10.7. The van der Waals surface area contributed by atoms with E-state index in [2.05, 4.69) is 0 Å². The molecule has 2 aromatic carbocycles. The monoisotopic (exact) mass is 292 g/mol. The number of carbonyl (C=O) groups excluding carboxylic acids is 1. The van der Waals surface area contributed by atoms with Gasteiger partial charge in [-0.1, -0.05) is 6.07 Å². The van der Waals surface area contributed by atoms with Crippen LogP contribution in [0.5, 0.6) is 5.75 Å². The van der Waals surface area contributed by atoms with E-state index in [1.54, 1.807) is 0 Å². The predicted molar refractivity (Wildman–Crippen MR) is 69.5 cm³/mol. The van der Waals surface area contributed by atoms with Gasteiger partial charge in [-0.15, -0.1) is 0 Å². The molecule has 0 aliphatic carbocycles. The third-order valence-corrected chi connectivity index (χ3v) is 2.75. The van der Waals surface area contributed by atoms with Gasteiger partial charge >= 0.3 is 5.97 Å². The fraction of sp³-hybridized carbons (Fsp3) is 0.0667. The first-order valence-corrected chi connectivity index (χ1v) is 5.90. The minimum absolute atomic E-state index is 0.0803. The molecule has 0 saturated heterocycles. The maximum absolute atomic E-state index is 13.6. The molecular formula is C15H10F2O4. The Morgan fingerprint density at radius 2 is 1.90 bits per heavy atom. The molecule has 1 N–H and O–H groups in total. The van der Waals surface area contributed by atoms with E-state index in [0.717, 1.165) is 18.2 Å². The SMILES string of the molecule is O=Cc1ccc(OCc2ccc(C(=O)O)c(F)c2)c(F)c1. The summed E-state index contributed by atoms with van der Waals surface area (Å²) >= 11 is 0. The van der Waals surface area contributed by atoms with Crippen molar-refractivity contribution in [1.82, 2.24) is 0 Å². The minimum atomic E-state index is -1.37. The van der Waals surface area contributed by atoms with Gasteiger partial charge in [0.2, 0.25) is 0 Å². The Balaban J connectivity index is 2.11. The van der Waals surface area contributed by atoms with E-state index in [0.29, 0.717) is 11.8 Å². The van der Waals surface area contributed by atoms with Crippen LogP contribution in [-0.2, 0) is 6.61 Å². The lowest BCUT2D eigenvalue weighted by atomic mass is 10.1. The highest BCUT2D eigenvalue weighted by Gasteiger charge is 2.11. The van der Waals surface area contributed by atoms with Gasteiger partial charge in [0.05, 0.1) is 5.56 Å². The maximum atomic E-state index is 13.6.